The number of likely N-dealkylation sites (N-methyl/N-ethyl adjacent to an activating group) is 1. The maximum absolute atomic E-state index is 12.8. The standard InChI is InChI=1S/C26H34N4O3S/c1-20(2)22-11-13-24(14-12-22)34(32,33)30(4)18-5-6-25(31)29(3)19-15-21-7-9-23(10-8-21)26-27-16-17-28-26/h7-14H,1,5-6,15-19H2,2-4H3,(H,27,28). The fourth-order valence-electron chi connectivity index (χ4n) is 3.70. The lowest BCUT2D eigenvalue weighted by Gasteiger charge is -2.20. The Kier molecular flexibility index (Phi) is 8.63. The third kappa shape index (κ3) is 6.55. The minimum atomic E-state index is -3.59. The maximum Gasteiger partial charge on any atom is 0.242 e. The summed E-state index contributed by atoms with van der Waals surface area (Å²) in [4.78, 5) is 18.9. The van der Waals surface area contributed by atoms with Crippen LogP contribution < -0.4 is 5.32 Å². The molecule has 2 aromatic carbocycles. The van der Waals surface area contributed by atoms with Crippen LogP contribution in [0, 0.1) is 0 Å². The molecule has 3 rings (SSSR count). The first-order chi connectivity index (χ1) is 16.2. The molecular weight excluding hydrogens is 448 g/mol. The van der Waals surface area contributed by atoms with Crippen molar-refractivity contribution in [3.8, 4) is 0 Å². The van der Waals surface area contributed by atoms with E-state index in [9.17, 15) is 13.2 Å². The molecule has 1 amide bonds. The molecule has 0 fully saturated rings. The number of amidine groups is 1. The summed E-state index contributed by atoms with van der Waals surface area (Å²) in [6, 6.07) is 15.0. The van der Waals surface area contributed by atoms with E-state index < -0.39 is 10.0 Å². The van der Waals surface area contributed by atoms with Crippen molar-refractivity contribution in [3.63, 3.8) is 0 Å². The zero-order chi connectivity index (χ0) is 24.7. The molecule has 0 saturated carbocycles. The van der Waals surface area contributed by atoms with Crippen molar-refractivity contribution in [2.75, 3.05) is 40.3 Å². The second-order valence-corrected chi connectivity index (χ2v) is 10.7. The van der Waals surface area contributed by atoms with E-state index in [-0.39, 0.29) is 17.3 Å². The van der Waals surface area contributed by atoms with Gasteiger partial charge in [-0.2, -0.15) is 0 Å². The Morgan fingerprint density at radius 3 is 2.32 bits per heavy atom. The van der Waals surface area contributed by atoms with Gasteiger partial charge in [-0.05, 0) is 43.0 Å². The lowest BCUT2D eigenvalue weighted by atomic mass is 10.1. The number of carbonyl (C=O) groups is 1. The summed E-state index contributed by atoms with van der Waals surface area (Å²) in [5.74, 6) is 0.951. The fraction of sp³-hybridized carbons (Fsp3) is 0.385. The van der Waals surface area contributed by atoms with E-state index in [0.29, 0.717) is 19.4 Å². The minimum Gasteiger partial charge on any atom is -0.368 e. The van der Waals surface area contributed by atoms with Gasteiger partial charge in [0.25, 0.3) is 0 Å². The monoisotopic (exact) mass is 482 g/mol. The summed E-state index contributed by atoms with van der Waals surface area (Å²) >= 11 is 0. The van der Waals surface area contributed by atoms with E-state index in [1.165, 1.54) is 4.31 Å². The Bertz CT molecular complexity index is 1140. The van der Waals surface area contributed by atoms with Crippen LogP contribution in [0.15, 0.2) is 65.0 Å². The summed E-state index contributed by atoms with van der Waals surface area (Å²) in [7, 11) is -0.253. The highest BCUT2D eigenvalue weighted by molar-refractivity contribution is 7.89. The number of nitrogens with zero attached hydrogens (tertiary/aromatic N) is 3. The first-order valence-corrected chi connectivity index (χ1v) is 13.0. The van der Waals surface area contributed by atoms with Gasteiger partial charge in [0.05, 0.1) is 11.4 Å². The molecule has 1 aliphatic heterocycles. The average molecular weight is 483 g/mol. The van der Waals surface area contributed by atoms with Gasteiger partial charge in [-0.3, -0.25) is 9.79 Å². The molecule has 0 saturated heterocycles. The molecule has 7 nitrogen and oxygen atoms in total. The van der Waals surface area contributed by atoms with E-state index in [0.717, 1.165) is 47.6 Å². The summed E-state index contributed by atoms with van der Waals surface area (Å²) in [6.45, 7) is 8.34. The van der Waals surface area contributed by atoms with Gasteiger partial charge in [0.1, 0.15) is 5.84 Å². The SMILES string of the molecule is C=C(C)c1ccc(S(=O)(=O)N(C)CCCC(=O)N(C)CCc2ccc(C3=NCCN3)cc2)cc1. The first-order valence-electron chi connectivity index (χ1n) is 11.5. The highest BCUT2D eigenvalue weighted by Gasteiger charge is 2.21. The van der Waals surface area contributed by atoms with Crippen LogP contribution in [-0.4, -0.2) is 69.6 Å². The molecular formula is C26H34N4O3S. The molecule has 0 spiro atoms. The van der Waals surface area contributed by atoms with Gasteiger partial charge in [-0.1, -0.05) is 48.6 Å². The van der Waals surface area contributed by atoms with Gasteiger partial charge in [0, 0.05) is 45.7 Å². The van der Waals surface area contributed by atoms with E-state index in [4.69, 9.17) is 0 Å². The second-order valence-electron chi connectivity index (χ2n) is 8.65. The van der Waals surface area contributed by atoms with Gasteiger partial charge >= 0.3 is 0 Å². The molecule has 0 bridgehead atoms. The quantitative estimate of drug-likeness (QED) is 0.533. The fourth-order valence-corrected chi connectivity index (χ4v) is 4.91. The molecule has 34 heavy (non-hydrogen) atoms. The predicted molar refractivity (Wildman–Crippen MR) is 137 cm³/mol. The van der Waals surface area contributed by atoms with Crippen LogP contribution in [0.1, 0.15) is 36.5 Å². The Morgan fingerprint density at radius 1 is 1.06 bits per heavy atom. The molecule has 0 radical (unpaired) electrons. The van der Waals surface area contributed by atoms with Crippen LogP contribution in [0.25, 0.3) is 5.57 Å². The lowest BCUT2D eigenvalue weighted by Crippen LogP contribution is -2.31. The second kappa shape index (κ2) is 11.4. The van der Waals surface area contributed by atoms with Crippen molar-refractivity contribution in [3.05, 3.63) is 71.8 Å². The van der Waals surface area contributed by atoms with Crippen LogP contribution in [0.4, 0.5) is 0 Å². The zero-order valence-electron chi connectivity index (χ0n) is 20.3. The lowest BCUT2D eigenvalue weighted by molar-refractivity contribution is -0.130. The Labute approximate surface area is 203 Å². The van der Waals surface area contributed by atoms with Gasteiger partial charge in [0.15, 0.2) is 0 Å². The molecule has 1 heterocycles. The van der Waals surface area contributed by atoms with Crippen LogP contribution in [0.2, 0.25) is 0 Å². The Morgan fingerprint density at radius 2 is 1.74 bits per heavy atom. The van der Waals surface area contributed by atoms with Crippen molar-refractivity contribution in [1.82, 2.24) is 14.5 Å². The van der Waals surface area contributed by atoms with Crippen molar-refractivity contribution in [1.29, 1.82) is 0 Å². The number of sulfonamides is 1. The third-order valence-corrected chi connectivity index (χ3v) is 7.85. The maximum atomic E-state index is 12.8. The Hall–Kier alpha value is -2.97. The van der Waals surface area contributed by atoms with Crippen molar-refractivity contribution in [2.24, 2.45) is 4.99 Å². The summed E-state index contributed by atoms with van der Waals surface area (Å²) in [6.07, 6.45) is 1.53. The summed E-state index contributed by atoms with van der Waals surface area (Å²) in [5, 5.41) is 3.26. The summed E-state index contributed by atoms with van der Waals surface area (Å²) < 4.78 is 26.9. The molecule has 2 aromatic rings. The number of amides is 1. The van der Waals surface area contributed by atoms with Crippen molar-refractivity contribution >= 4 is 27.3 Å². The molecule has 0 aromatic heterocycles. The molecule has 182 valence electrons. The average Bonchev–Trinajstić information content (AvgIpc) is 3.37. The molecule has 0 unspecified atom stereocenters. The minimum absolute atomic E-state index is 0.0118. The van der Waals surface area contributed by atoms with Crippen LogP contribution >= 0.6 is 0 Å². The van der Waals surface area contributed by atoms with Gasteiger partial charge in [-0.25, -0.2) is 12.7 Å². The van der Waals surface area contributed by atoms with Crippen molar-refractivity contribution in [2.45, 2.75) is 31.1 Å². The van der Waals surface area contributed by atoms with Crippen molar-refractivity contribution < 1.29 is 13.2 Å². The highest BCUT2D eigenvalue weighted by atomic mass is 32.2. The van der Waals surface area contributed by atoms with Gasteiger partial charge < -0.3 is 10.2 Å². The number of aliphatic imine (C=N–C) groups is 1. The van der Waals surface area contributed by atoms with E-state index in [1.807, 2.05) is 6.92 Å². The normalized spacial score (nSPS) is 13.5. The number of benzene rings is 2. The topological polar surface area (TPSA) is 82.1 Å². The van der Waals surface area contributed by atoms with Gasteiger partial charge in [0.2, 0.25) is 15.9 Å². The van der Waals surface area contributed by atoms with Crippen LogP contribution in [0.3, 0.4) is 0 Å². The number of allylic oxidation sites excluding steroid dienone is 1. The Balaban J connectivity index is 1.43. The number of carbonyl (C=O) groups excluding carboxylic acids is 1. The third-order valence-electron chi connectivity index (χ3n) is 5.98. The number of hydrogen-bond acceptors (Lipinski definition) is 5. The van der Waals surface area contributed by atoms with Crippen LogP contribution in [0.5, 0.6) is 0 Å². The first kappa shape index (κ1) is 25.6. The molecule has 1 aliphatic rings. The summed E-state index contributed by atoms with van der Waals surface area (Å²) in [5.41, 5.74) is 4.03. The number of rotatable bonds is 11. The predicted octanol–water partition coefficient (Wildman–Crippen LogP) is 3.17. The molecule has 8 heteroatoms. The highest BCUT2D eigenvalue weighted by Crippen LogP contribution is 2.19. The number of nitrogens with one attached hydrogen (secondary N) is 1. The van der Waals surface area contributed by atoms with E-state index >= 15 is 0 Å². The zero-order valence-corrected chi connectivity index (χ0v) is 21.1. The molecule has 1 N–H and O–H groups in total. The number of hydrogen-bond donors (Lipinski definition) is 1. The largest absolute Gasteiger partial charge is 0.368 e. The molecule has 0 atom stereocenters. The van der Waals surface area contributed by atoms with E-state index in [2.05, 4.69) is 41.2 Å². The van der Waals surface area contributed by atoms with Gasteiger partial charge in [-0.15, -0.1) is 0 Å². The smallest absolute Gasteiger partial charge is 0.242 e. The van der Waals surface area contributed by atoms with Crippen LogP contribution in [-0.2, 0) is 21.2 Å². The molecule has 0 aliphatic carbocycles. The van der Waals surface area contributed by atoms with E-state index in [1.54, 1.807) is 43.3 Å².